The maximum absolute atomic E-state index is 12.4. The average Bonchev–Trinajstić information content (AvgIpc) is 2.78. The summed E-state index contributed by atoms with van der Waals surface area (Å²) in [6.07, 6.45) is 2.05. The van der Waals surface area contributed by atoms with E-state index in [1.807, 2.05) is 12.1 Å². The van der Waals surface area contributed by atoms with Crippen molar-refractivity contribution in [1.29, 1.82) is 0 Å². The first-order valence-corrected chi connectivity index (χ1v) is 9.94. The zero-order valence-electron chi connectivity index (χ0n) is 18.1. The fourth-order valence-corrected chi connectivity index (χ4v) is 2.76. The summed E-state index contributed by atoms with van der Waals surface area (Å²) < 4.78 is 16.1. The summed E-state index contributed by atoms with van der Waals surface area (Å²) in [7, 11) is 4.83. The van der Waals surface area contributed by atoms with Crippen molar-refractivity contribution in [3.8, 4) is 17.2 Å². The van der Waals surface area contributed by atoms with Crippen molar-refractivity contribution >= 4 is 11.8 Å². The molecular formula is C23H30N2O5. The molecule has 0 atom stereocenters. The Labute approximate surface area is 177 Å². The molecule has 0 saturated heterocycles. The van der Waals surface area contributed by atoms with Crippen LogP contribution >= 0.6 is 0 Å². The van der Waals surface area contributed by atoms with E-state index in [0.29, 0.717) is 30.2 Å². The van der Waals surface area contributed by atoms with Crippen LogP contribution in [-0.4, -0.2) is 51.1 Å². The molecule has 0 fully saturated rings. The van der Waals surface area contributed by atoms with Gasteiger partial charge in [0.2, 0.25) is 5.91 Å². The number of methoxy groups -OCH3 is 2. The molecule has 0 aromatic heterocycles. The minimum atomic E-state index is -0.307. The summed E-state index contributed by atoms with van der Waals surface area (Å²) in [4.78, 5) is 26.3. The molecule has 0 unspecified atom stereocenters. The lowest BCUT2D eigenvalue weighted by Gasteiger charge is -2.19. The van der Waals surface area contributed by atoms with Gasteiger partial charge in [0, 0.05) is 30.8 Å². The monoisotopic (exact) mass is 414 g/mol. The first-order chi connectivity index (χ1) is 14.5. The predicted octanol–water partition coefficient (Wildman–Crippen LogP) is 3.27. The summed E-state index contributed by atoms with van der Waals surface area (Å²) in [5.74, 6) is 1.53. The number of hydrogen-bond acceptors (Lipinski definition) is 5. The van der Waals surface area contributed by atoms with Gasteiger partial charge in [-0.1, -0.05) is 13.3 Å². The number of carbonyl (C=O) groups is 2. The number of carbonyl (C=O) groups excluding carboxylic acids is 2. The van der Waals surface area contributed by atoms with Gasteiger partial charge in [0.25, 0.3) is 5.91 Å². The van der Waals surface area contributed by atoms with E-state index >= 15 is 0 Å². The first-order valence-electron chi connectivity index (χ1n) is 9.94. The number of amides is 2. The van der Waals surface area contributed by atoms with Crippen LogP contribution in [0.2, 0.25) is 0 Å². The van der Waals surface area contributed by atoms with Crippen molar-refractivity contribution in [2.45, 2.75) is 26.3 Å². The number of hydrogen-bond donors (Lipinski definition) is 1. The third-order valence-electron chi connectivity index (χ3n) is 4.61. The minimum Gasteiger partial charge on any atom is -0.497 e. The smallest absolute Gasteiger partial charge is 0.251 e. The van der Waals surface area contributed by atoms with Gasteiger partial charge in [0.05, 0.1) is 27.4 Å². The van der Waals surface area contributed by atoms with Crippen LogP contribution in [0.5, 0.6) is 17.2 Å². The second-order valence-corrected chi connectivity index (χ2v) is 6.84. The number of unbranched alkanes of at least 4 members (excludes halogenated alkanes) is 1. The SMILES string of the molecule is CCCCOc1ccc(C(=O)NCC(=O)N(C)Cc2ccc(OC)cc2OC)cc1. The summed E-state index contributed by atoms with van der Waals surface area (Å²) >= 11 is 0. The minimum absolute atomic E-state index is 0.0947. The van der Waals surface area contributed by atoms with Gasteiger partial charge in [0.15, 0.2) is 0 Å². The van der Waals surface area contributed by atoms with E-state index in [2.05, 4.69) is 12.2 Å². The van der Waals surface area contributed by atoms with Crippen molar-refractivity contribution in [3.63, 3.8) is 0 Å². The van der Waals surface area contributed by atoms with Gasteiger partial charge in [-0.2, -0.15) is 0 Å². The van der Waals surface area contributed by atoms with Gasteiger partial charge < -0.3 is 24.4 Å². The quantitative estimate of drug-likeness (QED) is 0.571. The molecule has 0 aliphatic carbocycles. The van der Waals surface area contributed by atoms with Gasteiger partial charge in [-0.05, 0) is 42.8 Å². The van der Waals surface area contributed by atoms with Crippen molar-refractivity contribution < 1.29 is 23.8 Å². The van der Waals surface area contributed by atoms with Crippen LogP contribution in [0.4, 0.5) is 0 Å². The molecule has 0 saturated carbocycles. The molecule has 0 aliphatic heterocycles. The van der Waals surface area contributed by atoms with Crippen LogP contribution in [0.25, 0.3) is 0 Å². The van der Waals surface area contributed by atoms with Crippen LogP contribution in [0, 0.1) is 0 Å². The molecular weight excluding hydrogens is 384 g/mol. The van der Waals surface area contributed by atoms with Gasteiger partial charge in [-0.25, -0.2) is 0 Å². The highest BCUT2D eigenvalue weighted by molar-refractivity contribution is 5.96. The third-order valence-corrected chi connectivity index (χ3v) is 4.61. The summed E-state index contributed by atoms with van der Waals surface area (Å²) in [6, 6.07) is 12.3. The van der Waals surface area contributed by atoms with Gasteiger partial charge >= 0.3 is 0 Å². The van der Waals surface area contributed by atoms with Gasteiger partial charge in [-0.3, -0.25) is 9.59 Å². The second kappa shape index (κ2) is 11.7. The Morgan fingerprint density at radius 1 is 1.00 bits per heavy atom. The Bertz CT molecular complexity index is 836. The molecule has 2 amide bonds. The molecule has 0 heterocycles. The molecule has 7 heteroatoms. The van der Waals surface area contributed by atoms with Crippen molar-refractivity contribution in [3.05, 3.63) is 53.6 Å². The molecule has 7 nitrogen and oxygen atoms in total. The molecule has 0 spiro atoms. The van der Waals surface area contributed by atoms with E-state index in [0.717, 1.165) is 24.2 Å². The van der Waals surface area contributed by atoms with Gasteiger partial charge in [0.1, 0.15) is 17.2 Å². The summed E-state index contributed by atoms with van der Waals surface area (Å²) in [6.45, 7) is 3.01. The summed E-state index contributed by atoms with van der Waals surface area (Å²) in [5, 5.41) is 2.66. The molecule has 0 radical (unpaired) electrons. The highest BCUT2D eigenvalue weighted by Gasteiger charge is 2.14. The van der Waals surface area contributed by atoms with Crippen LogP contribution in [0.15, 0.2) is 42.5 Å². The molecule has 2 aromatic rings. The lowest BCUT2D eigenvalue weighted by Crippen LogP contribution is -2.37. The van der Waals surface area contributed by atoms with E-state index in [1.165, 1.54) is 4.90 Å². The van der Waals surface area contributed by atoms with Crippen LogP contribution in [0.3, 0.4) is 0 Å². The zero-order valence-corrected chi connectivity index (χ0v) is 18.1. The normalized spacial score (nSPS) is 10.3. The Morgan fingerprint density at radius 2 is 1.70 bits per heavy atom. The molecule has 162 valence electrons. The van der Waals surface area contributed by atoms with Crippen molar-refractivity contribution in [2.24, 2.45) is 0 Å². The largest absolute Gasteiger partial charge is 0.497 e. The Hall–Kier alpha value is -3.22. The number of benzene rings is 2. The Balaban J connectivity index is 1.86. The maximum Gasteiger partial charge on any atom is 0.251 e. The van der Waals surface area contributed by atoms with E-state index in [1.54, 1.807) is 51.6 Å². The maximum atomic E-state index is 12.4. The predicted molar refractivity (Wildman–Crippen MR) is 115 cm³/mol. The first kappa shape index (κ1) is 23.1. The highest BCUT2D eigenvalue weighted by Crippen LogP contribution is 2.25. The molecule has 0 bridgehead atoms. The fraction of sp³-hybridized carbons (Fsp3) is 0.391. The number of rotatable bonds is 11. The van der Waals surface area contributed by atoms with E-state index in [9.17, 15) is 9.59 Å². The van der Waals surface area contributed by atoms with Crippen LogP contribution in [0.1, 0.15) is 35.7 Å². The third kappa shape index (κ3) is 6.69. The van der Waals surface area contributed by atoms with Crippen LogP contribution in [-0.2, 0) is 11.3 Å². The van der Waals surface area contributed by atoms with E-state index in [4.69, 9.17) is 14.2 Å². The number of ether oxygens (including phenoxy) is 3. The van der Waals surface area contributed by atoms with Crippen LogP contribution < -0.4 is 19.5 Å². The molecule has 1 N–H and O–H groups in total. The number of nitrogens with zero attached hydrogens (tertiary/aromatic N) is 1. The van der Waals surface area contributed by atoms with E-state index < -0.39 is 0 Å². The number of nitrogens with one attached hydrogen (secondary N) is 1. The highest BCUT2D eigenvalue weighted by atomic mass is 16.5. The van der Waals surface area contributed by atoms with Gasteiger partial charge in [-0.15, -0.1) is 0 Å². The molecule has 30 heavy (non-hydrogen) atoms. The summed E-state index contributed by atoms with van der Waals surface area (Å²) in [5.41, 5.74) is 1.32. The van der Waals surface area contributed by atoms with Crippen molar-refractivity contribution in [2.75, 3.05) is 34.4 Å². The van der Waals surface area contributed by atoms with Crippen molar-refractivity contribution in [1.82, 2.24) is 10.2 Å². The lowest BCUT2D eigenvalue weighted by atomic mass is 10.1. The Morgan fingerprint density at radius 3 is 2.33 bits per heavy atom. The molecule has 0 aliphatic rings. The second-order valence-electron chi connectivity index (χ2n) is 6.84. The molecule has 2 rings (SSSR count). The fourth-order valence-electron chi connectivity index (χ4n) is 2.76. The average molecular weight is 415 g/mol. The molecule has 2 aromatic carbocycles. The standard InChI is InChI=1S/C23H30N2O5/c1-5-6-13-30-19-10-7-17(8-11-19)23(27)24-15-22(26)25(2)16-18-9-12-20(28-3)14-21(18)29-4/h7-12,14H,5-6,13,15-16H2,1-4H3,(H,24,27). The zero-order chi connectivity index (χ0) is 21.9. The number of likely N-dealkylation sites (N-methyl/N-ethyl adjacent to an activating group) is 1. The van der Waals surface area contributed by atoms with E-state index in [-0.39, 0.29) is 18.4 Å². The lowest BCUT2D eigenvalue weighted by molar-refractivity contribution is -0.129. The topological polar surface area (TPSA) is 77.1 Å². The Kier molecular flexibility index (Phi) is 9.00.